The van der Waals surface area contributed by atoms with Gasteiger partial charge >= 0.3 is 6.18 Å². The van der Waals surface area contributed by atoms with Crippen molar-refractivity contribution in [3.8, 4) is 11.5 Å². The summed E-state index contributed by atoms with van der Waals surface area (Å²) < 4.78 is 44.0. The maximum atomic E-state index is 13.0. The van der Waals surface area contributed by atoms with E-state index in [0.717, 1.165) is 12.1 Å². The number of phenols is 1. The Hall–Kier alpha value is -1.49. The van der Waals surface area contributed by atoms with Gasteiger partial charge in [0.2, 0.25) is 0 Å². The summed E-state index contributed by atoms with van der Waals surface area (Å²) in [6.45, 7) is 1.68. The van der Waals surface area contributed by atoms with Gasteiger partial charge in [-0.1, -0.05) is 0 Å². The van der Waals surface area contributed by atoms with Crippen molar-refractivity contribution in [2.24, 2.45) is 0 Å². The number of phenolic OH excluding ortho intramolecular Hbond substituents is 1. The first-order valence-corrected chi connectivity index (χ1v) is 7.29. The first-order chi connectivity index (χ1) is 11.2. The number of hydrogen-bond acceptors (Lipinski definition) is 6. The fourth-order valence-electron chi connectivity index (χ4n) is 2.78. The number of halogens is 5. The molecule has 1 fully saturated rings. The van der Waals surface area contributed by atoms with Crippen LogP contribution in [0.2, 0.25) is 0 Å². The number of nitro groups is 1. The molecule has 7 nitrogen and oxygen atoms in total. The summed E-state index contributed by atoms with van der Waals surface area (Å²) in [6.07, 6.45) is -5.70. The molecule has 2 N–H and O–H groups in total. The van der Waals surface area contributed by atoms with Gasteiger partial charge in [-0.05, 0) is 0 Å². The van der Waals surface area contributed by atoms with E-state index < -0.39 is 35.0 Å². The number of nitro benzene ring substituents is 1. The molecule has 1 aliphatic heterocycles. The van der Waals surface area contributed by atoms with Gasteiger partial charge in [-0.25, -0.2) is 0 Å². The number of nitrogens with zero attached hydrogens (tertiary/aromatic N) is 2. The van der Waals surface area contributed by atoms with E-state index >= 15 is 0 Å². The molecule has 150 valence electrons. The number of benzene rings is 1. The zero-order valence-corrected chi connectivity index (χ0v) is 15.4. The first-order valence-electron chi connectivity index (χ1n) is 7.29. The van der Waals surface area contributed by atoms with E-state index in [0.29, 0.717) is 26.2 Å². The van der Waals surface area contributed by atoms with Gasteiger partial charge in [0.1, 0.15) is 0 Å². The molecule has 0 aromatic heterocycles. The molecule has 0 spiro atoms. The lowest BCUT2D eigenvalue weighted by atomic mass is 9.98. The Morgan fingerprint density at radius 3 is 2.38 bits per heavy atom. The van der Waals surface area contributed by atoms with Crippen LogP contribution in [0, 0.1) is 10.1 Å². The number of nitrogens with one attached hydrogen (secondary N) is 1. The van der Waals surface area contributed by atoms with Crippen LogP contribution in [-0.2, 0) is 0 Å². The van der Waals surface area contributed by atoms with Crippen molar-refractivity contribution in [3.05, 3.63) is 27.8 Å². The number of aromatic hydroxyl groups is 1. The lowest BCUT2D eigenvalue weighted by Crippen LogP contribution is -2.46. The standard InChI is InChI=1S/C14H18F3N3O4.2ClH/c1-24-12-7-9(20(22)23)6-10(13(12)21)11(8-14(15,16)17)19-4-2-18-3-5-19;;/h6-7,11,18,21H,2-5,8H2,1H3;2*1H/t11-;;/m1../s1. The molecule has 1 saturated heterocycles. The molecule has 1 heterocycles. The Bertz CT molecular complexity index is 614. The lowest BCUT2D eigenvalue weighted by Gasteiger charge is -2.35. The second-order valence-corrected chi connectivity index (χ2v) is 5.46. The SMILES string of the molecule is COc1cc([N+](=O)[O-])cc([C@@H](CC(F)(F)F)N2CCNCC2)c1O.Cl.Cl. The van der Waals surface area contributed by atoms with Gasteiger partial charge in [0.05, 0.1) is 24.5 Å². The number of ether oxygens (including phenoxy) is 1. The molecule has 0 unspecified atom stereocenters. The summed E-state index contributed by atoms with van der Waals surface area (Å²) in [5.74, 6) is -0.725. The van der Waals surface area contributed by atoms with E-state index in [4.69, 9.17) is 4.74 Å². The monoisotopic (exact) mass is 421 g/mol. The van der Waals surface area contributed by atoms with Crippen molar-refractivity contribution < 1.29 is 27.9 Å². The van der Waals surface area contributed by atoms with Crippen LogP contribution in [0.25, 0.3) is 0 Å². The topological polar surface area (TPSA) is 87.9 Å². The Labute approximate surface area is 160 Å². The first kappa shape index (κ1) is 24.5. The van der Waals surface area contributed by atoms with Gasteiger partial charge in [-0.3, -0.25) is 15.0 Å². The van der Waals surface area contributed by atoms with Crippen molar-refractivity contribution in [1.82, 2.24) is 10.2 Å². The van der Waals surface area contributed by atoms with Gasteiger partial charge in [-0.2, -0.15) is 13.2 Å². The summed E-state index contributed by atoms with van der Waals surface area (Å²) in [7, 11) is 1.19. The number of alkyl halides is 3. The third-order valence-electron chi connectivity index (χ3n) is 3.90. The van der Waals surface area contributed by atoms with E-state index in [9.17, 15) is 28.4 Å². The van der Waals surface area contributed by atoms with Crippen molar-refractivity contribution in [3.63, 3.8) is 0 Å². The van der Waals surface area contributed by atoms with Crippen LogP contribution in [0.3, 0.4) is 0 Å². The molecule has 0 radical (unpaired) electrons. The predicted molar refractivity (Wildman–Crippen MR) is 93.7 cm³/mol. The molecular formula is C14H20Cl2F3N3O4. The highest BCUT2D eigenvalue weighted by atomic mass is 35.5. The summed E-state index contributed by atoms with van der Waals surface area (Å²) in [6, 6.07) is 0.748. The van der Waals surface area contributed by atoms with Gasteiger partial charge < -0.3 is 15.2 Å². The van der Waals surface area contributed by atoms with Crippen molar-refractivity contribution in [2.45, 2.75) is 18.6 Å². The number of rotatable bonds is 5. The Morgan fingerprint density at radius 1 is 1.35 bits per heavy atom. The minimum absolute atomic E-state index is 0. The van der Waals surface area contributed by atoms with Crippen molar-refractivity contribution in [1.29, 1.82) is 0 Å². The van der Waals surface area contributed by atoms with Gasteiger partial charge in [0.15, 0.2) is 11.5 Å². The third kappa shape index (κ3) is 6.04. The summed E-state index contributed by atoms with van der Waals surface area (Å²) in [5.41, 5.74) is -0.581. The largest absolute Gasteiger partial charge is 0.504 e. The minimum atomic E-state index is -4.49. The molecule has 2 rings (SSSR count). The number of piperazine rings is 1. The predicted octanol–water partition coefficient (Wildman–Crippen LogP) is 3.05. The molecule has 0 bridgehead atoms. The molecule has 0 aliphatic carbocycles. The Balaban J connectivity index is 0.00000312. The van der Waals surface area contributed by atoms with Crippen molar-refractivity contribution >= 4 is 30.5 Å². The van der Waals surface area contributed by atoms with Crippen LogP contribution in [0.1, 0.15) is 18.0 Å². The van der Waals surface area contributed by atoms with Crippen molar-refractivity contribution in [2.75, 3.05) is 33.3 Å². The normalized spacial score (nSPS) is 16.2. The maximum absolute atomic E-state index is 13.0. The smallest absolute Gasteiger partial charge is 0.390 e. The lowest BCUT2D eigenvalue weighted by molar-refractivity contribution is -0.385. The zero-order chi connectivity index (χ0) is 17.9. The van der Waals surface area contributed by atoms with Crippen LogP contribution < -0.4 is 10.1 Å². The average molecular weight is 422 g/mol. The van der Waals surface area contributed by atoms with Crippen LogP contribution in [0.4, 0.5) is 18.9 Å². The second-order valence-electron chi connectivity index (χ2n) is 5.46. The van der Waals surface area contributed by atoms with E-state index in [1.165, 1.54) is 7.11 Å². The molecular weight excluding hydrogens is 402 g/mol. The fourth-order valence-corrected chi connectivity index (χ4v) is 2.78. The zero-order valence-electron chi connectivity index (χ0n) is 13.8. The molecule has 1 aromatic rings. The third-order valence-corrected chi connectivity index (χ3v) is 3.90. The van der Waals surface area contributed by atoms with E-state index in [1.807, 2.05) is 0 Å². The molecule has 0 amide bonds. The molecule has 26 heavy (non-hydrogen) atoms. The Morgan fingerprint density at radius 2 is 1.92 bits per heavy atom. The molecule has 1 aromatic carbocycles. The quantitative estimate of drug-likeness (QED) is 0.561. The summed E-state index contributed by atoms with van der Waals surface area (Å²) >= 11 is 0. The summed E-state index contributed by atoms with van der Waals surface area (Å²) in [4.78, 5) is 11.9. The van der Waals surface area contributed by atoms with Crippen LogP contribution >= 0.6 is 24.8 Å². The number of methoxy groups -OCH3 is 1. The number of hydrogen-bond donors (Lipinski definition) is 2. The molecule has 12 heteroatoms. The van der Waals surface area contributed by atoms with Gasteiger partial charge in [-0.15, -0.1) is 24.8 Å². The van der Waals surface area contributed by atoms with E-state index in [1.54, 1.807) is 4.90 Å². The average Bonchev–Trinajstić information content (AvgIpc) is 2.53. The Kier molecular flexibility index (Phi) is 9.43. The summed E-state index contributed by atoms with van der Waals surface area (Å²) in [5, 5.41) is 24.3. The van der Waals surface area contributed by atoms with E-state index in [2.05, 4.69) is 5.32 Å². The molecule has 1 atom stereocenters. The highest BCUT2D eigenvalue weighted by Gasteiger charge is 2.38. The highest BCUT2D eigenvalue weighted by Crippen LogP contribution is 2.43. The highest BCUT2D eigenvalue weighted by molar-refractivity contribution is 5.85. The van der Waals surface area contributed by atoms with Gasteiger partial charge in [0, 0.05) is 43.9 Å². The van der Waals surface area contributed by atoms with Crippen LogP contribution in [0.5, 0.6) is 11.5 Å². The van der Waals surface area contributed by atoms with Gasteiger partial charge in [0.25, 0.3) is 5.69 Å². The number of non-ortho nitro benzene ring substituents is 1. The maximum Gasteiger partial charge on any atom is 0.390 e. The minimum Gasteiger partial charge on any atom is -0.504 e. The molecule has 0 saturated carbocycles. The van der Waals surface area contributed by atoms with Crippen LogP contribution in [0.15, 0.2) is 12.1 Å². The fraction of sp³-hybridized carbons (Fsp3) is 0.571. The van der Waals surface area contributed by atoms with E-state index in [-0.39, 0.29) is 36.1 Å². The van der Waals surface area contributed by atoms with Crippen LogP contribution in [-0.4, -0.2) is 54.4 Å². The second kappa shape index (κ2) is 10.0. The molecule has 1 aliphatic rings.